The van der Waals surface area contributed by atoms with E-state index in [0.717, 1.165) is 38.5 Å². The van der Waals surface area contributed by atoms with E-state index < -0.39 is 12.6 Å². The van der Waals surface area contributed by atoms with E-state index in [4.69, 9.17) is 0 Å². The van der Waals surface area contributed by atoms with E-state index in [9.17, 15) is 18.3 Å². The Bertz CT molecular complexity index is 226. The quantitative estimate of drug-likeness (QED) is 0.337. The molecule has 1 unspecified atom stereocenters. The third-order valence-electron chi connectivity index (χ3n) is 3.48. The van der Waals surface area contributed by atoms with Gasteiger partial charge in [0.1, 0.15) is 0 Å². The second-order valence-electron chi connectivity index (χ2n) is 5.49. The van der Waals surface area contributed by atoms with Crippen LogP contribution in [0.25, 0.3) is 0 Å². The van der Waals surface area contributed by atoms with Gasteiger partial charge in [0.05, 0.1) is 6.10 Å². The highest BCUT2D eigenvalue weighted by molar-refractivity contribution is 4.77. The monoisotopic (exact) mass is 294 g/mol. The lowest BCUT2D eigenvalue weighted by atomic mass is 10.0. The maximum atomic E-state index is 11.9. The van der Waals surface area contributed by atoms with Crippen molar-refractivity contribution in [2.45, 2.75) is 89.3 Å². The molecule has 0 heterocycles. The molecule has 0 aliphatic carbocycles. The molecular formula is C16H29F3O. The highest BCUT2D eigenvalue weighted by Gasteiger charge is 2.25. The fourth-order valence-electron chi connectivity index (χ4n) is 2.21. The molecule has 0 aliphatic rings. The molecule has 0 aromatic heterocycles. The molecule has 0 saturated carbocycles. The van der Waals surface area contributed by atoms with E-state index in [0.29, 0.717) is 6.42 Å². The zero-order valence-corrected chi connectivity index (χ0v) is 12.4. The molecule has 0 aromatic rings. The van der Waals surface area contributed by atoms with Gasteiger partial charge < -0.3 is 5.11 Å². The summed E-state index contributed by atoms with van der Waals surface area (Å²) in [4.78, 5) is 0. The Morgan fingerprint density at radius 2 is 1.20 bits per heavy atom. The number of alkyl halides is 3. The summed E-state index contributed by atoms with van der Waals surface area (Å²) < 4.78 is 35.7. The Morgan fingerprint density at radius 3 is 1.60 bits per heavy atom. The summed E-state index contributed by atoms with van der Waals surface area (Å²) in [5.74, 6) is 0. The molecule has 0 aliphatic heterocycles. The summed E-state index contributed by atoms with van der Waals surface area (Å²) in [6, 6.07) is 0. The van der Waals surface area contributed by atoms with E-state index in [2.05, 4.69) is 6.58 Å². The third-order valence-corrected chi connectivity index (χ3v) is 3.48. The molecule has 0 bridgehead atoms. The van der Waals surface area contributed by atoms with Gasteiger partial charge in [-0.05, 0) is 12.8 Å². The lowest BCUT2D eigenvalue weighted by Gasteiger charge is -2.06. The van der Waals surface area contributed by atoms with Crippen LogP contribution < -0.4 is 0 Å². The summed E-state index contributed by atoms with van der Waals surface area (Å²) in [5.41, 5.74) is 0. The van der Waals surface area contributed by atoms with Gasteiger partial charge in [0.25, 0.3) is 0 Å². The molecule has 0 fully saturated rings. The van der Waals surface area contributed by atoms with Crippen LogP contribution in [0.5, 0.6) is 0 Å². The highest BCUT2D eigenvalue weighted by atomic mass is 19.4. The Hall–Kier alpha value is -0.510. The Kier molecular flexibility index (Phi) is 11.9. The average Bonchev–Trinajstić information content (AvgIpc) is 2.38. The summed E-state index contributed by atoms with van der Waals surface area (Å²) in [6.07, 6.45) is 7.13. The van der Waals surface area contributed by atoms with Crippen LogP contribution in [0.2, 0.25) is 0 Å². The second kappa shape index (κ2) is 12.2. The van der Waals surface area contributed by atoms with E-state index in [-0.39, 0.29) is 12.5 Å². The Morgan fingerprint density at radius 1 is 0.800 bits per heavy atom. The molecule has 0 aromatic carbocycles. The van der Waals surface area contributed by atoms with Crippen molar-refractivity contribution in [1.82, 2.24) is 0 Å². The standard InChI is InChI=1S/C16H29F3O/c1-2-15(20)13-11-9-7-5-3-4-6-8-10-12-14-16(17,18)19/h2,15,20H,1,3-14H2. The first-order valence-electron chi connectivity index (χ1n) is 7.83. The van der Waals surface area contributed by atoms with E-state index >= 15 is 0 Å². The van der Waals surface area contributed by atoms with Crippen molar-refractivity contribution < 1.29 is 18.3 Å². The van der Waals surface area contributed by atoms with E-state index in [1.807, 2.05) is 0 Å². The van der Waals surface area contributed by atoms with E-state index in [1.165, 1.54) is 19.3 Å². The van der Waals surface area contributed by atoms with Crippen molar-refractivity contribution in [3.8, 4) is 0 Å². The maximum absolute atomic E-state index is 11.9. The van der Waals surface area contributed by atoms with Gasteiger partial charge in [-0.2, -0.15) is 13.2 Å². The summed E-state index contributed by atoms with van der Waals surface area (Å²) in [7, 11) is 0. The average molecular weight is 294 g/mol. The van der Waals surface area contributed by atoms with Gasteiger partial charge in [-0.1, -0.05) is 63.9 Å². The number of rotatable bonds is 13. The first-order valence-corrected chi connectivity index (χ1v) is 7.83. The van der Waals surface area contributed by atoms with Crippen molar-refractivity contribution in [3.05, 3.63) is 12.7 Å². The smallest absolute Gasteiger partial charge is 0.389 e. The minimum absolute atomic E-state index is 0.273. The summed E-state index contributed by atoms with van der Waals surface area (Å²) in [5, 5.41) is 9.26. The molecule has 20 heavy (non-hydrogen) atoms. The molecule has 0 saturated heterocycles. The third kappa shape index (κ3) is 15.5. The molecule has 120 valence electrons. The molecule has 1 atom stereocenters. The lowest BCUT2D eigenvalue weighted by Crippen LogP contribution is -2.06. The first-order chi connectivity index (χ1) is 9.45. The predicted molar refractivity (Wildman–Crippen MR) is 77.7 cm³/mol. The van der Waals surface area contributed by atoms with Gasteiger partial charge in [-0.3, -0.25) is 0 Å². The fraction of sp³-hybridized carbons (Fsp3) is 0.875. The largest absolute Gasteiger partial charge is 0.389 e. The molecule has 1 N–H and O–H groups in total. The molecule has 4 heteroatoms. The Balaban J connectivity index is 3.08. The molecule has 0 rings (SSSR count). The van der Waals surface area contributed by atoms with Gasteiger partial charge in [-0.25, -0.2) is 0 Å². The van der Waals surface area contributed by atoms with Crippen molar-refractivity contribution in [3.63, 3.8) is 0 Å². The number of halogens is 3. The molecule has 0 amide bonds. The number of aliphatic hydroxyl groups is 1. The van der Waals surface area contributed by atoms with Crippen LogP contribution in [-0.2, 0) is 0 Å². The number of aliphatic hydroxyl groups excluding tert-OH is 1. The van der Waals surface area contributed by atoms with Gasteiger partial charge in [-0.15, -0.1) is 6.58 Å². The normalized spacial score (nSPS) is 13.4. The minimum atomic E-state index is -3.99. The van der Waals surface area contributed by atoms with Crippen LogP contribution in [0.1, 0.15) is 77.0 Å². The maximum Gasteiger partial charge on any atom is 0.389 e. The fourth-order valence-corrected chi connectivity index (χ4v) is 2.21. The highest BCUT2D eigenvalue weighted by Crippen LogP contribution is 2.23. The SMILES string of the molecule is C=CC(O)CCCCCCCCCCCCC(F)(F)F. The van der Waals surface area contributed by atoms with Crippen molar-refractivity contribution in [2.75, 3.05) is 0 Å². The van der Waals surface area contributed by atoms with Crippen LogP contribution in [0.3, 0.4) is 0 Å². The lowest BCUT2D eigenvalue weighted by molar-refractivity contribution is -0.135. The zero-order chi connectivity index (χ0) is 15.3. The topological polar surface area (TPSA) is 20.2 Å². The van der Waals surface area contributed by atoms with Crippen LogP contribution in [0, 0.1) is 0 Å². The number of unbranched alkanes of at least 4 members (excludes halogenated alkanes) is 9. The predicted octanol–water partition coefficient (Wildman–Crippen LogP) is 5.78. The van der Waals surface area contributed by atoms with Gasteiger partial charge in [0.15, 0.2) is 0 Å². The van der Waals surface area contributed by atoms with Crippen molar-refractivity contribution in [1.29, 1.82) is 0 Å². The Labute approximate surface area is 121 Å². The minimum Gasteiger partial charge on any atom is -0.389 e. The number of hydrogen-bond donors (Lipinski definition) is 1. The van der Waals surface area contributed by atoms with Crippen LogP contribution in [0.15, 0.2) is 12.7 Å². The van der Waals surface area contributed by atoms with Gasteiger partial charge in [0, 0.05) is 6.42 Å². The second-order valence-corrected chi connectivity index (χ2v) is 5.49. The van der Waals surface area contributed by atoms with Gasteiger partial charge >= 0.3 is 6.18 Å². The molecule has 0 radical (unpaired) electrons. The molecular weight excluding hydrogens is 265 g/mol. The van der Waals surface area contributed by atoms with Crippen LogP contribution >= 0.6 is 0 Å². The van der Waals surface area contributed by atoms with Crippen LogP contribution in [-0.4, -0.2) is 17.4 Å². The van der Waals surface area contributed by atoms with Crippen LogP contribution in [0.4, 0.5) is 13.2 Å². The number of hydrogen-bond acceptors (Lipinski definition) is 1. The zero-order valence-electron chi connectivity index (χ0n) is 12.4. The molecule has 1 nitrogen and oxygen atoms in total. The van der Waals surface area contributed by atoms with Crippen molar-refractivity contribution >= 4 is 0 Å². The van der Waals surface area contributed by atoms with Crippen molar-refractivity contribution in [2.24, 2.45) is 0 Å². The summed E-state index contributed by atoms with van der Waals surface area (Å²) >= 11 is 0. The summed E-state index contributed by atoms with van der Waals surface area (Å²) in [6.45, 7) is 3.53. The molecule has 0 spiro atoms. The van der Waals surface area contributed by atoms with E-state index in [1.54, 1.807) is 6.08 Å². The van der Waals surface area contributed by atoms with Gasteiger partial charge in [0.2, 0.25) is 0 Å². The first kappa shape index (κ1) is 19.5.